The molecule has 0 radical (unpaired) electrons. The minimum absolute atomic E-state index is 0.0301. The van der Waals surface area contributed by atoms with Crippen LogP contribution in [0.15, 0.2) is 48.5 Å². The van der Waals surface area contributed by atoms with Crippen LogP contribution in [-0.2, 0) is 14.3 Å². The fraction of sp³-hybridized carbons (Fsp3) is 0.348. The van der Waals surface area contributed by atoms with Crippen molar-refractivity contribution in [3.8, 4) is 11.1 Å². The van der Waals surface area contributed by atoms with Crippen molar-refractivity contribution in [3.05, 3.63) is 59.7 Å². The second-order valence-corrected chi connectivity index (χ2v) is 7.80. The Labute approximate surface area is 174 Å². The van der Waals surface area contributed by atoms with E-state index in [0.29, 0.717) is 13.0 Å². The molecule has 4 rings (SSSR count). The number of amides is 2. The van der Waals surface area contributed by atoms with Gasteiger partial charge in [0.15, 0.2) is 0 Å². The molecule has 0 spiro atoms. The summed E-state index contributed by atoms with van der Waals surface area (Å²) in [6, 6.07) is 15.0. The molecule has 2 atom stereocenters. The van der Waals surface area contributed by atoms with Crippen molar-refractivity contribution in [1.82, 2.24) is 10.2 Å². The average Bonchev–Trinajstić information content (AvgIpc) is 2.98. The van der Waals surface area contributed by atoms with Gasteiger partial charge >= 0.3 is 12.1 Å². The highest BCUT2D eigenvalue weighted by Crippen LogP contribution is 2.44. The first-order valence-electron chi connectivity index (χ1n) is 10.1. The van der Waals surface area contributed by atoms with Crippen LogP contribution in [0.25, 0.3) is 11.1 Å². The second-order valence-electron chi connectivity index (χ2n) is 7.80. The topological polar surface area (TPSA) is 95.9 Å². The maximum absolute atomic E-state index is 12.3. The minimum Gasteiger partial charge on any atom is -0.480 e. The monoisotopic (exact) mass is 408 g/mol. The highest BCUT2D eigenvalue weighted by Gasteiger charge is 2.37. The van der Waals surface area contributed by atoms with Gasteiger partial charge < -0.3 is 20.1 Å². The first-order chi connectivity index (χ1) is 14.5. The number of hydrogen-bond acceptors (Lipinski definition) is 4. The van der Waals surface area contributed by atoms with Crippen LogP contribution in [0.2, 0.25) is 0 Å². The van der Waals surface area contributed by atoms with E-state index < -0.39 is 24.1 Å². The number of rotatable bonds is 6. The molecule has 0 saturated carbocycles. The summed E-state index contributed by atoms with van der Waals surface area (Å²) >= 11 is 0. The van der Waals surface area contributed by atoms with Gasteiger partial charge in [0.05, 0.1) is 0 Å². The molecule has 2 aliphatic rings. The fourth-order valence-corrected chi connectivity index (χ4v) is 4.21. The van der Waals surface area contributed by atoms with Crippen molar-refractivity contribution in [2.75, 3.05) is 13.2 Å². The summed E-state index contributed by atoms with van der Waals surface area (Å²) in [6.45, 7) is 2.34. The molecule has 0 aromatic heterocycles. The molecule has 7 nitrogen and oxygen atoms in total. The smallest absolute Gasteiger partial charge is 0.407 e. The molecule has 1 heterocycles. The number of aliphatic carboxylic acids is 1. The zero-order valence-corrected chi connectivity index (χ0v) is 16.7. The lowest BCUT2D eigenvalue weighted by molar-refractivity contribution is -0.157. The molecule has 2 N–H and O–H groups in total. The quantitative estimate of drug-likeness (QED) is 0.766. The standard InChI is InChI=1S/C23H24N2O5/c1-14(12-21(26)25-11-10-20(25)22(27)28)24-23(29)30-13-19-17-8-4-2-6-15(17)16-7-3-5-9-18(16)19/h2-9,14,19-20H,10-13H2,1H3,(H,24,29)(H,27,28). The van der Waals surface area contributed by atoms with E-state index in [0.717, 1.165) is 22.3 Å². The predicted octanol–water partition coefficient (Wildman–Crippen LogP) is 2.99. The minimum atomic E-state index is -0.994. The number of carbonyl (C=O) groups is 3. The predicted molar refractivity (Wildman–Crippen MR) is 110 cm³/mol. The molecule has 0 bridgehead atoms. The van der Waals surface area contributed by atoms with Gasteiger partial charge in [0.1, 0.15) is 12.6 Å². The van der Waals surface area contributed by atoms with E-state index in [1.807, 2.05) is 24.3 Å². The van der Waals surface area contributed by atoms with Crippen molar-refractivity contribution < 1.29 is 24.2 Å². The Balaban J connectivity index is 1.32. The number of fused-ring (bicyclic) bond motifs is 3. The Hall–Kier alpha value is -3.35. The van der Waals surface area contributed by atoms with E-state index in [9.17, 15) is 14.4 Å². The lowest BCUT2D eigenvalue weighted by Gasteiger charge is -2.38. The third-order valence-electron chi connectivity index (χ3n) is 5.81. The number of likely N-dealkylation sites (tertiary alicyclic amines) is 1. The van der Waals surface area contributed by atoms with E-state index in [-0.39, 0.29) is 24.9 Å². The van der Waals surface area contributed by atoms with Crippen molar-refractivity contribution in [1.29, 1.82) is 0 Å². The molecule has 1 aliphatic heterocycles. The van der Waals surface area contributed by atoms with Crippen molar-refractivity contribution in [3.63, 3.8) is 0 Å². The summed E-state index contributed by atoms with van der Waals surface area (Å²) in [6.07, 6.45) is -0.0842. The summed E-state index contributed by atoms with van der Waals surface area (Å²) in [5, 5.41) is 11.7. The first kappa shape index (κ1) is 19.9. The Morgan fingerprint density at radius 3 is 2.23 bits per heavy atom. The molecule has 2 aromatic rings. The Morgan fingerprint density at radius 2 is 1.70 bits per heavy atom. The van der Waals surface area contributed by atoms with Crippen LogP contribution in [0.1, 0.15) is 36.8 Å². The van der Waals surface area contributed by atoms with Gasteiger partial charge in [-0.3, -0.25) is 4.79 Å². The Morgan fingerprint density at radius 1 is 1.10 bits per heavy atom. The number of nitrogens with zero attached hydrogens (tertiary/aromatic N) is 1. The van der Waals surface area contributed by atoms with E-state index in [1.165, 1.54) is 4.90 Å². The Bertz CT molecular complexity index is 944. The summed E-state index contributed by atoms with van der Waals surface area (Å²) in [5.41, 5.74) is 4.58. The van der Waals surface area contributed by atoms with Gasteiger partial charge in [0.2, 0.25) is 5.91 Å². The lowest BCUT2D eigenvalue weighted by atomic mass is 9.98. The summed E-state index contributed by atoms with van der Waals surface area (Å²) in [4.78, 5) is 36.9. The molecule has 1 saturated heterocycles. The molecule has 2 amide bonds. The van der Waals surface area contributed by atoms with Crippen LogP contribution in [0.4, 0.5) is 4.79 Å². The van der Waals surface area contributed by atoms with Crippen LogP contribution in [0.5, 0.6) is 0 Å². The van der Waals surface area contributed by atoms with E-state index in [1.54, 1.807) is 6.92 Å². The van der Waals surface area contributed by atoms with Gasteiger partial charge in [-0.25, -0.2) is 9.59 Å². The molecule has 2 unspecified atom stereocenters. The molecule has 7 heteroatoms. The molecule has 30 heavy (non-hydrogen) atoms. The van der Waals surface area contributed by atoms with Gasteiger partial charge in [-0.2, -0.15) is 0 Å². The maximum Gasteiger partial charge on any atom is 0.407 e. The second kappa shape index (κ2) is 8.18. The van der Waals surface area contributed by atoms with Crippen LogP contribution < -0.4 is 5.32 Å². The van der Waals surface area contributed by atoms with Crippen LogP contribution >= 0.6 is 0 Å². The third kappa shape index (κ3) is 3.75. The fourth-order valence-electron chi connectivity index (χ4n) is 4.21. The zero-order chi connectivity index (χ0) is 21.3. The number of carbonyl (C=O) groups excluding carboxylic acids is 2. The van der Waals surface area contributed by atoms with Crippen LogP contribution in [-0.4, -0.2) is 53.2 Å². The summed E-state index contributed by atoms with van der Waals surface area (Å²) in [5.74, 6) is -1.30. The molecule has 2 aromatic carbocycles. The Kier molecular flexibility index (Phi) is 5.44. The molecular formula is C23H24N2O5. The van der Waals surface area contributed by atoms with Crippen molar-refractivity contribution in [2.45, 2.75) is 37.8 Å². The molecule has 156 valence electrons. The highest BCUT2D eigenvalue weighted by atomic mass is 16.5. The lowest BCUT2D eigenvalue weighted by Crippen LogP contribution is -2.56. The average molecular weight is 408 g/mol. The number of carboxylic acids is 1. The molecule has 1 fully saturated rings. The summed E-state index contributed by atoms with van der Waals surface area (Å²) in [7, 11) is 0. The number of hydrogen-bond donors (Lipinski definition) is 2. The number of alkyl carbamates (subject to hydrolysis) is 1. The van der Waals surface area contributed by atoms with Crippen LogP contribution in [0, 0.1) is 0 Å². The first-order valence-corrected chi connectivity index (χ1v) is 10.1. The largest absolute Gasteiger partial charge is 0.480 e. The van der Waals surface area contributed by atoms with Gasteiger partial charge in [-0.15, -0.1) is 0 Å². The SMILES string of the molecule is CC(CC(=O)N1CCC1C(=O)O)NC(=O)OCC1c2ccccc2-c2ccccc21. The van der Waals surface area contributed by atoms with Gasteiger partial charge in [0.25, 0.3) is 0 Å². The number of benzene rings is 2. The van der Waals surface area contributed by atoms with E-state index in [4.69, 9.17) is 9.84 Å². The number of carboxylic acid groups (broad SMARTS) is 1. The van der Waals surface area contributed by atoms with Gasteiger partial charge in [-0.1, -0.05) is 48.5 Å². The van der Waals surface area contributed by atoms with E-state index in [2.05, 4.69) is 29.6 Å². The van der Waals surface area contributed by atoms with E-state index >= 15 is 0 Å². The summed E-state index contributed by atoms with van der Waals surface area (Å²) < 4.78 is 5.48. The van der Waals surface area contributed by atoms with Crippen LogP contribution in [0.3, 0.4) is 0 Å². The normalized spacial score (nSPS) is 18.0. The van der Waals surface area contributed by atoms with Crippen molar-refractivity contribution >= 4 is 18.0 Å². The number of ether oxygens (including phenoxy) is 1. The van der Waals surface area contributed by atoms with Gasteiger partial charge in [-0.05, 0) is 35.6 Å². The third-order valence-corrected chi connectivity index (χ3v) is 5.81. The molecule has 1 aliphatic carbocycles. The number of nitrogens with one attached hydrogen (secondary N) is 1. The van der Waals surface area contributed by atoms with Gasteiger partial charge in [0, 0.05) is 24.9 Å². The zero-order valence-electron chi connectivity index (χ0n) is 16.7. The maximum atomic E-state index is 12.3. The highest BCUT2D eigenvalue weighted by molar-refractivity contribution is 5.86. The van der Waals surface area contributed by atoms with Crippen molar-refractivity contribution in [2.24, 2.45) is 0 Å². The molecular weight excluding hydrogens is 384 g/mol.